The molecule has 0 spiro atoms. The van der Waals surface area contributed by atoms with Gasteiger partial charge < -0.3 is 4.90 Å². The number of rotatable bonds is 4. The molecule has 0 bridgehead atoms. The highest BCUT2D eigenvalue weighted by Gasteiger charge is 2.21. The van der Waals surface area contributed by atoms with E-state index in [-0.39, 0.29) is 11.7 Å². The van der Waals surface area contributed by atoms with Crippen LogP contribution in [0, 0.1) is 5.82 Å². The van der Waals surface area contributed by atoms with E-state index < -0.39 is 0 Å². The van der Waals surface area contributed by atoms with Crippen LogP contribution in [0.1, 0.15) is 17.2 Å². The third kappa shape index (κ3) is 4.77. The van der Waals surface area contributed by atoms with Gasteiger partial charge in [0.2, 0.25) is 5.91 Å². The van der Waals surface area contributed by atoms with E-state index in [0.29, 0.717) is 11.0 Å². The maximum Gasteiger partial charge on any atom is 0.232 e. The van der Waals surface area contributed by atoms with Crippen molar-refractivity contribution in [3.8, 4) is 0 Å². The molecule has 1 saturated heterocycles. The second-order valence-corrected chi connectivity index (χ2v) is 8.04. The zero-order chi connectivity index (χ0) is 16.8. The summed E-state index contributed by atoms with van der Waals surface area (Å²) in [4.78, 5) is 15.3. The van der Waals surface area contributed by atoms with Gasteiger partial charge >= 0.3 is 0 Å². The van der Waals surface area contributed by atoms with Crippen LogP contribution in [0.5, 0.6) is 0 Å². The summed E-state index contributed by atoms with van der Waals surface area (Å²) >= 11 is 3.40. The molecule has 126 valence electrons. The van der Waals surface area contributed by atoms with Gasteiger partial charge in [0.15, 0.2) is 0 Å². The minimum Gasteiger partial charge on any atom is -0.341 e. The molecule has 1 unspecified atom stereocenters. The van der Waals surface area contributed by atoms with Gasteiger partial charge in [-0.25, -0.2) is 4.39 Å². The topological polar surface area (TPSA) is 20.3 Å². The molecule has 2 aromatic carbocycles. The van der Waals surface area contributed by atoms with E-state index in [1.165, 1.54) is 29.5 Å². The van der Waals surface area contributed by atoms with E-state index in [4.69, 9.17) is 0 Å². The molecular formula is C19H20FNOS2. The van der Waals surface area contributed by atoms with Gasteiger partial charge in [0, 0.05) is 29.0 Å². The first-order valence-electron chi connectivity index (χ1n) is 8.05. The molecule has 2 nitrogen and oxygen atoms in total. The highest BCUT2D eigenvalue weighted by molar-refractivity contribution is 8.00. The highest BCUT2D eigenvalue weighted by Crippen LogP contribution is 2.34. The van der Waals surface area contributed by atoms with Gasteiger partial charge in [-0.1, -0.05) is 30.3 Å². The lowest BCUT2D eigenvalue weighted by molar-refractivity contribution is -0.128. The number of carbonyl (C=O) groups is 1. The summed E-state index contributed by atoms with van der Waals surface area (Å²) in [5.41, 5.74) is 1.34. The lowest BCUT2D eigenvalue weighted by Gasteiger charge is -2.20. The molecule has 1 aliphatic rings. The Kier molecular flexibility index (Phi) is 6.21. The van der Waals surface area contributed by atoms with Crippen LogP contribution in [0.2, 0.25) is 0 Å². The lowest BCUT2D eigenvalue weighted by atomic mass is 10.1. The summed E-state index contributed by atoms with van der Waals surface area (Å²) in [6.45, 7) is 1.60. The summed E-state index contributed by atoms with van der Waals surface area (Å²) in [6, 6.07) is 16.8. The average molecular weight is 362 g/mol. The summed E-state index contributed by atoms with van der Waals surface area (Å²) < 4.78 is 12.9. The van der Waals surface area contributed by atoms with Crippen molar-refractivity contribution in [1.82, 2.24) is 4.90 Å². The van der Waals surface area contributed by atoms with Gasteiger partial charge in [0.1, 0.15) is 5.82 Å². The fourth-order valence-electron chi connectivity index (χ4n) is 2.72. The van der Waals surface area contributed by atoms with Gasteiger partial charge in [-0.3, -0.25) is 4.79 Å². The number of benzene rings is 2. The minimum absolute atomic E-state index is 0.165. The molecule has 1 aliphatic heterocycles. The Labute approximate surface area is 150 Å². The third-order valence-corrected chi connectivity index (χ3v) is 6.37. The second-order valence-electron chi connectivity index (χ2n) is 5.68. The predicted octanol–water partition coefficient (Wildman–Crippen LogP) is 4.62. The number of amides is 1. The molecule has 0 saturated carbocycles. The standard InChI is InChI=1S/C19H20FNOS2/c20-16-6-8-17(9-7-16)24-14-19(22)21-11-10-18(23-13-12-21)15-4-2-1-3-5-15/h1-9,18H,10-14H2. The van der Waals surface area contributed by atoms with Crippen LogP contribution >= 0.6 is 23.5 Å². The fourth-order valence-corrected chi connectivity index (χ4v) is 4.75. The van der Waals surface area contributed by atoms with Crippen molar-refractivity contribution in [3.63, 3.8) is 0 Å². The number of nitrogens with zero attached hydrogens (tertiary/aromatic N) is 1. The molecule has 1 heterocycles. The second kappa shape index (κ2) is 8.58. The molecule has 0 aromatic heterocycles. The van der Waals surface area contributed by atoms with E-state index >= 15 is 0 Å². The molecule has 2 aromatic rings. The maximum absolute atomic E-state index is 12.9. The largest absolute Gasteiger partial charge is 0.341 e. The van der Waals surface area contributed by atoms with E-state index in [1.807, 2.05) is 22.7 Å². The summed E-state index contributed by atoms with van der Waals surface area (Å²) in [5, 5.41) is 0.466. The smallest absolute Gasteiger partial charge is 0.232 e. The molecular weight excluding hydrogens is 341 g/mol. The van der Waals surface area contributed by atoms with Crippen LogP contribution in [-0.2, 0) is 4.79 Å². The summed E-state index contributed by atoms with van der Waals surface area (Å²) in [5.74, 6) is 1.29. The first-order valence-corrected chi connectivity index (χ1v) is 10.1. The molecule has 1 amide bonds. The Hall–Kier alpha value is -1.46. The number of hydrogen-bond acceptors (Lipinski definition) is 3. The molecule has 3 rings (SSSR count). The van der Waals surface area contributed by atoms with E-state index in [1.54, 1.807) is 12.1 Å². The molecule has 5 heteroatoms. The molecule has 1 fully saturated rings. The Balaban J connectivity index is 1.52. The van der Waals surface area contributed by atoms with Gasteiger partial charge in [0.05, 0.1) is 5.75 Å². The van der Waals surface area contributed by atoms with Gasteiger partial charge in [-0.2, -0.15) is 11.8 Å². The van der Waals surface area contributed by atoms with Gasteiger partial charge in [-0.15, -0.1) is 11.8 Å². The third-order valence-electron chi connectivity index (χ3n) is 4.04. The molecule has 0 N–H and O–H groups in total. The van der Waals surface area contributed by atoms with Crippen LogP contribution in [0.3, 0.4) is 0 Å². The van der Waals surface area contributed by atoms with Crippen molar-refractivity contribution in [3.05, 3.63) is 66.0 Å². The minimum atomic E-state index is -0.248. The van der Waals surface area contributed by atoms with E-state index in [0.717, 1.165) is 30.2 Å². The van der Waals surface area contributed by atoms with Crippen molar-refractivity contribution in [1.29, 1.82) is 0 Å². The molecule has 24 heavy (non-hydrogen) atoms. The monoisotopic (exact) mass is 361 g/mol. The molecule has 1 atom stereocenters. The zero-order valence-corrected chi connectivity index (χ0v) is 15.0. The quantitative estimate of drug-likeness (QED) is 0.741. The van der Waals surface area contributed by atoms with E-state index in [2.05, 4.69) is 24.3 Å². The Morgan fingerprint density at radius 2 is 1.88 bits per heavy atom. The van der Waals surface area contributed by atoms with Gasteiger partial charge in [-0.05, 0) is 36.2 Å². The number of halogens is 1. The van der Waals surface area contributed by atoms with Crippen molar-refractivity contribution >= 4 is 29.4 Å². The van der Waals surface area contributed by atoms with Crippen molar-refractivity contribution < 1.29 is 9.18 Å². The van der Waals surface area contributed by atoms with E-state index in [9.17, 15) is 9.18 Å². The van der Waals surface area contributed by atoms with Crippen LogP contribution in [0.25, 0.3) is 0 Å². The normalized spacial score (nSPS) is 18.2. The lowest BCUT2D eigenvalue weighted by Crippen LogP contribution is -2.34. The Morgan fingerprint density at radius 3 is 2.62 bits per heavy atom. The van der Waals surface area contributed by atoms with Crippen molar-refractivity contribution in [2.24, 2.45) is 0 Å². The average Bonchev–Trinajstić information content (AvgIpc) is 2.88. The van der Waals surface area contributed by atoms with Crippen LogP contribution in [0.15, 0.2) is 59.5 Å². The number of hydrogen-bond donors (Lipinski definition) is 0. The SMILES string of the molecule is O=C(CSc1ccc(F)cc1)N1CCSC(c2ccccc2)CC1. The van der Waals surface area contributed by atoms with Crippen LogP contribution in [0.4, 0.5) is 4.39 Å². The highest BCUT2D eigenvalue weighted by atomic mass is 32.2. The Morgan fingerprint density at radius 1 is 1.12 bits per heavy atom. The first-order chi connectivity index (χ1) is 11.7. The first kappa shape index (κ1) is 17.4. The summed E-state index contributed by atoms with van der Waals surface area (Å²) in [6.07, 6.45) is 0.988. The Bertz CT molecular complexity index is 663. The predicted molar refractivity (Wildman–Crippen MR) is 100.0 cm³/mol. The fraction of sp³-hybridized carbons (Fsp3) is 0.316. The zero-order valence-electron chi connectivity index (χ0n) is 13.4. The van der Waals surface area contributed by atoms with Crippen LogP contribution < -0.4 is 0 Å². The van der Waals surface area contributed by atoms with Crippen molar-refractivity contribution in [2.75, 3.05) is 24.6 Å². The van der Waals surface area contributed by atoms with Crippen LogP contribution in [-0.4, -0.2) is 35.4 Å². The maximum atomic E-state index is 12.9. The number of thioether (sulfide) groups is 2. The van der Waals surface area contributed by atoms with Crippen molar-refractivity contribution in [2.45, 2.75) is 16.6 Å². The molecule has 0 aliphatic carbocycles. The molecule has 0 radical (unpaired) electrons. The summed E-state index contributed by atoms with van der Waals surface area (Å²) in [7, 11) is 0. The number of carbonyl (C=O) groups excluding carboxylic acids is 1. The van der Waals surface area contributed by atoms with Gasteiger partial charge in [0.25, 0.3) is 0 Å².